The highest BCUT2D eigenvalue weighted by Crippen LogP contribution is 2.11. The van der Waals surface area contributed by atoms with Crippen LogP contribution in [0, 0.1) is 5.92 Å². The molecule has 1 N–H and O–H groups in total. The summed E-state index contributed by atoms with van der Waals surface area (Å²) in [6.07, 6.45) is -0.225. The molecule has 3 heteroatoms. The van der Waals surface area contributed by atoms with Crippen molar-refractivity contribution in [2.24, 2.45) is 5.92 Å². The van der Waals surface area contributed by atoms with Gasteiger partial charge >= 0.3 is 5.97 Å². The van der Waals surface area contributed by atoms with Crippen LogP contribution in [0.3, 0.4) is 0 Å². The molecule has 0 aliphatic carbocycles. The van der Waals surface area contributed by atoms with Gasteiger partial charge in [-0.25, -0.2) is 0 Å². The Hall–Kier alpha value is -1.35. The fraction of sp³-hybridized carbons (Fsp3) is 0.417. The van der Waals surface area contributed by atoms with Gasteiger partial charge < -0.3 is 9.84 Å². The molecular formula is C12H16O3. The van der Waals surface area contributed by atoms with Gasteiger partial charge in [0.05, 0.1) is 19.1 Å². The van der Waals surface area contributed by atoms with Crippen molar-refractivity contribution in [3.05, 3.63) is 35.9 Å². The van der Waals surface area contributed by atoms with Crippen LogP contribution in [-0.2, 0) is 16.0 Å². The molecule has 0 aliphatic heterocycles. The maximum absolute atomic E-state index is 11.2. The first-order valence-corrected chi connectivity index (χ1v) is 4.95. The molecule has 0 fully saturated rings. The second-order valence-corrected chi connectivity index (χ2v) is 3.57. The summed E-state index contributed by atoms with van der Waals surface area (Å²) in [5.74, 6) is -0.867. The van der Waals surface area contributed by atoms with E-state index < -0.39 is 12.0 Å². The van der Waals surface area contributed by atoms with Crippen molar-refractivity contribution in [1.82, 2.24) is 0 Å². The van der Waals surface area contributed by atoms with E-state index >= 15 is 0 Å². The monoisotopic (exact) mass is 208 g/mol. The van der Waals surface area contributed by atoms with Gasteiger partial charge in [0, 0.05) is 0 Å². The SMILES string of the molecule is COC(=O)[C@@H](C)[C@H](O)Cc1ccccc1. The van der Waals surface area contributed by atoms with Crippen LogP contribution < -0.4 is 0 Å². The molecule has 1 aromatic rings. The zero-order chi connectivity index (χ0) is 11.3. The van der Waals surface area contributed by atoms with Gasteiger partial charge in [0.2, 0.25) is 0 Å². The quantitative estimate of drug-likeness (QED) is 0.761. The highest BCUT2D eigenvalue weighted by atomic mass is 16.5. The molecule has 3 nitrogen and oxygen atoms in total. The topological polar surface area (TPSA) is 46.5 Å². The van der Waals surface area contributed by atoms with E-state index in [1.54, 1.807) is 6.92 Å². The first-order chi connectivity index (χ1) is 7.15. The largest absolute Gasteiger partial charge is 0.469 e. The molecule has 0 saturated carbocycles. The standard InChI is InChI=1S/C12H16O3/c1-9(12(14)15-2)11(13)8-10-6-4-3-5-7-10/h3-7,9,11,13H,8H2,1-2H3/t9-,11+/m0/s1. The van der Waals surface area contributed by atoms with Gasteiger partial charge in [0.15, 0.2) is 0 Å². The van der Waals surface area contributed by atoms with Crippen LogP contribution in [0.5, 0.6) is 0 Å². The highest BCUT2D eigenvalue weighted by Gasteiger charge is 2.22. The zero-order valence-electron chi connectivity index (χ0n) is 9.01. The molecule has 2 atom stereocenters. The number of rotatable bonds is 4. The third-order valence-corrected chi connectivity index (χ3v) is 2.44. The Balaban J connectivity index is 2.56. The number of carbonyl (C=O) groups excluding carboxylic acids is 1. The van der Waals surface area contributed by atoms with E-state index in [0.717, 1.165) is 5.56 Å². The predicted octanol–water partition coefficient (Wildman–Crippen LogP) is 1.40. The molecule has 0 bridgehead atoms. The molecule has 0 heterocycles. The summed E-state index contributed by atoms with van der Waals surface area (Å²) in [4.78, 5) is 11.2. The van der Waals surface area contributed by atoms with E-state index in [1.807, 2.05) is 30.3 Å². The van der Waals surface area contributed by atoms with Gasteiger partial charge in [-0.15, -0.1) is 0 Å². The van der Waals surface area contributed by atoms with Crippen molar-refractivity contribution in [3.8, 4) is 0 Å². The van der Waals surface area contributed by atoms with Crippen LogP contribution in [0.2, 0.25) is 0 Å². The second kappa shape index (κ2) is 5.51. The molecule has 0 aliphatic rings. The average Bonchev–Trinajstić information content (AvgIpc) is 2.28. The number of hydrogen-bond acceptors (Lipinski definition) is 3. The van der Waals surface area contributed by atoms with Crippen molar-refractivity contribution < 1.29 is 14.6 Å². The van der Waals surface area contributed by atoms with Crippen LogP contribution in [0.15, 0.2) is 30.3 Å². The van der Waals surface area contributed by atoms with Crippen LogP contribution in [0.25, 0.3) is 0 Å². The van der Waals surface area contributed by atoms with E-state index in [1.165, 1.54) is 7.11 Å². The smallest absolute Gasteiger partial charge is 0.311 e. The minimum absolute atomic E-state index is 0.376. The van der Waals surface area contributed by atoms with Crippen molar-refractivity contribution in [1.29, 1.82) is 0 Å². The molecule has 0 saturated heterocycles. The maximum atomic E-state index is 11.2. The summed E-state index contributed by atoms with van der Waals surface area (Å²) in [7, 11) is 1.33. The Labute approximate surface area is 89.7 Å². The number of ether oxygens (including phenoxy) is 1. The minimum atomic E-state index is -0.695. The molecule has 0 amide bonds. The number of methoxy groups -OCH3 is 1. The van der Waals surface area contributed by atoms with Gasteiger partial charge in [0.25, 0.3) is 0 Å². The molecule has 1 rings (SSSR count). The third kappa shape index (κ3) is 3.36. The summed E-state index contributed by atoms with van der Waals surface area (Å²) >= 11 is 0. The van der Waals surface area contributed by atoms with Crippen molar-refractivity contribution >= 4 is 5.97 Å². The fourth-order valence-corrected chi connectivity index (χ4v) is 1.38. The number of carbonyl (C=O) groups is 1. The molecule has 0 spiro atoms. The maximum Gasteiger partial charge on any atom is 0.311 e. The number of aliphatic hydroxyl groups excluding tert-OH is 1. The van der Waals surface area contributed by atoms with Crippen molar-refractivity contribution in [2.45, 2.75) is 19.4 Å². The van der Waals surface area contributed by atoms with E-state index in [-0.39, 0.29) is 5.97 Å². The number of aliphatic hydroxyl groups is 1. The van der Waals surface area contributed by atoms with Crippen LogP contribution in [0.1, 0.15) is 12.5 Å². The number of esters is 1. The second-order valence-electron chi connectivity index (χ2n) is 3.57. The van der Waals surface area contributed by atoms with Gasteiger partial charge in [0.1, 0.15) is 0 Å². The number of hydrogen-bond donors (Lipinski definition) is 1. The lowest BCUT2D eigenvalue weighted by atomic mass is 9.98. The van der Waals surface area contributed by atoms with E-state index in [9.17, 15) is 9.90 Å². The Morgan fingerprint density at radius 2 is 2.00 bits per heavy atom. The Morgan fingerprint density at radius 1 is 1.40 bits per heavy atom. The highest BCUT2D eigenvalue weighted by molar-refractivity contribution is 5.72. The van der Waals surface area contributed by atoms with Crippen molar-refractivity contribution in [2.75, 3.05) is 7.11 Å². The van der Waals surface area contributed by atoms with Gasteiger partial charge in [-0.3, -0.25) is 4.79 Å². The summed E-state index contributed by atoms with van der Waals surface area (Å²) in [6.45, 7) is 1.67. The number of benzene rings is 1. The lowest BCUT2D eigenvalue weighted by Gasteiger charge is -2.16. The van der Waals surface area contributed by atoms with Gasteiger partial charge in [-0.1, -0.05) is 30.3 Å². The summed E-state index contributed by atoms with van der Waals surface area (Å²) in [5, 5.41) is 9.77. The van der Waals surface area contributed by atoms with Crippen LogP contribution >= 0.6 is 0 Å². The van der Waals surface area contributed by atoms with Gasteiger partial charge in [-0.2, -0.15) is 0 Å². The molecule has 0 radical (unpaired) electrons. The van der Waals surface area contributed by atoms with Crippen molar-refractivity contribution in [3.63, 3.8) is 0 Å². The van der Waals surface area contributed by atoms with E-state index in [0.29, 0.717) is 6.42 Å². The van der Waals surface area contributed by atoms with E-state index in [4.69, 9.17) is 0 Å². The van der Waals surface area contributed by atoms with Crippen LogP contribution in [0.4, 0.5) is 0 Å². The first-order valence-electron chi connectivity index (χ1n) is 4.95. The molecule has 0 unspecified atom stereocenters. The lowest BCUT2D eigenvalue weighted by Crippen LogP contribution is -2.28. The van der Waals surface area contributed by atoms with Gasteiger partial charge in [-0.05, 0) is 18.9 Å². The Bertz CT molecular complexity index is 308. The lowest BCUT2D eigenvalue weighted by molar-refractivity contribution is -0.148. The molecule has 1 aromatic carbocycles. The Kier molecular flexibility index (Phi) is 4.31. The fourth-order valence-electron chi connectivity index (χ4n) is 1.38. The molecule has 0 aromatic heterocycles. The minimum Gasteiger partial charge on any atom is -0.469 e. The zero-order valence-corrected chi connectivity index (χ0v) is 9.01. The molecule has 82 valence electrons. The van der Waals surface area contributed by atoms with E-state index in [2.05, 4.69) is 4.74 Å². The predicted molar refractivity (Wildman–Crippen MR) is 57.3 cm³/mol. The third-order valence-electron chi connectivity index (χ3n) is 2.44. The Morgan fingerprint density at radius 3 is 2.53 bits per heavy atom. The first kappa shape index (κ1) is 11.7. The summed E-state index contributed by atoms with van der Waals surface area (Å²) < 4.78 is 4.57. The summed E-state index contributed by atoms with van der Waals surface area (Å²) in [6, 6.07) is 9.58. The van der Waals surface area contributed by atoms with Crippen LogP contribution in [-0.4, -0.2) is 24.3 Å². The average molecular weight is 208 g/mol. The normalized spacial score (nSPS) is 14.3. The molecular weight excluding hydrogens is 192 g/mol. The summed E-state index contributed by atoms with van der Waals surface area (Å²) in [5.41, 5.74) is 1.01. The molecule has 15 heavy (non-hydrogen) atoms.